The van der Waals surface area contributed by atoms with Crippen molar-refractivity contribution in [2.45, 2.75) is 30.2 Å². The summed E-state index contributed by atoms with van der Waals surface area (Å²) in [6.07, 6.45) is 0.318. The van der Waals surface area contributed by atoms with E-state index in [4.69, 9.17) is 0 Å². The van der Waals surface area contributed by atoms with E-state index in [2.05, 4.69) is 10.0 Å². The topological polar surface area (TPSA) is 109 Å². The summed E-state index contributed by atoms with van der Waals surface area (Å²) in [5, 5.41) is 2.68. The Hall–Kier alpha value is -1.45. The Bertz CT molecular complexity index is 775. The summed E-state index contributed by atoms with van der Waals surface area (Å²) >= 11 is 0. The number of nitrogens with one attached hydrogen (secondary N) is 2. The average Bonchev–Trinajstić information content (AvgIpc) is 2.73. The van der Waals surface area contributed by atoms with E-state index >= 15 is 0 Å². The second-order valence-electron chi connectivity index (χ2n) is 5.91. The maximum absolute atomic E-state index is 12.0. The van der Waals surface area contributed by atoms with Crippen molar-refractivity contribution in [3.8, 4) is 0 Å². The SMILES string of the molecule is CC1(NC(=O)CCNS(=O)(=O)c2ccccc2)CCS(=O)(=O)C1. The van der Waals surface area contributed by atoms with Gasteiger partial charge < -0.3 is 5.32 Å². The van der Waals surface area contributed by atoms with Gasteiger partial charge in [-0.15, -0.1) is 0 Å². The third-order valence-electron chi connectivity index (χ3n) is 3.64. The van der Waals surface area contributed by atoms with Crippen molar-refractivity contribution in [3.63, 3.8) is 0 Å². The number of hydrogen-bond acceptors (Lipinski definition) is 5. The molecule has 2 N–H and O–H groups in total. The van der Waals surface area contributed by atoms with Crippen LogP contribution < -0.4 is 10.0 Å². The van der Waals surface area contributed by atoms with Crippen LogP contribution in [-0.2, 0) is 24.7 Å². The van der Waals surface area contributed by atoms with E-state index in [1.807, 2.05) is 0 Å². The van der Waals surface area contributed by atoms with Gasteiger partial charge in [-0.25, -0.2) is 21.6 Å². The lowest BCUT2D eigenvalue weighted by Gasteiger charge is -2.23. The molecule has 1 unspecified atom stereocenters. The molecule has 128 valence electrons. The van der Waals surface area contributed by atoms with Crippen LogP contribution in [0.4, 0.5) is 0 Å². The fourth-order valence-electron chi connectivity index (χ4n) is 2.49. The van der Waals surface area contributed by atoms with Crippen LogP contribution in [0.3, 0.4) is 0 Å². The van der Waals surface area contributed by atoms with Crippen molar-refractivity contribution < 1.29 is 21.6 Å². The van der Waals surface area contributed by atoms with E-state index in [-0.39, 0.29) is 35.3 Å². The van der Waals surface area contributed by atoms with Gasteiger partial charge in [0.2, 0.25) is 15.9 Å². The number of carbonyl (C=O) groups excluding carboxylic acids is 1. The number of hydrogen-bond donors (Lipinski definition) is 2. The maximum Gasteiger partial charge on any atom is 0.240 e. The molecule has 1 aromatic carbocycles. The summed E-state index contributed by atoms with van der Waals surface area (Å²) in [4.78, 5) is 12.0. The van der Waals surface area contributed by atoms with Crippen molar-refractivity contribution in [1.29, 1.82) is 0 Å². The van der Waals surface area contributed by atoms with Gasteiger partial charge >= 0.3 is 0 Å². The minimum Gasteiger partial charge on any atom is -0.350 e. The molecule has 9 heteroatoms. The molecule has 1 amide bonds. The number of sulfone groups is 1. The van der Waals surface area contributed by atoms with E-state index in [1.165, 1.54) is 12.1 Å². The molecule has 7 nitrogen and oxygen atoms in total. The fourth-order valence-corrected chi connectivity index (χ4v) is 5.64. The second kappa shape index (κ2) is 6.58. The predicted molar refractivity (Wildman–Crippen MR) is 86.1 cm³/mol. The molecule has 0 aliphatic carbocycles. The number of amides is 1. The van der Waals surface area contributed by atoms with Crippen LogP contribution in [0.25, 0.3) is 0 Å². The molecule has 0 radical (unpaired) electrons. The van der Waals surface area contributed by atoms with Gasteiger partial charge in [0, 0.05) is 13.0 Å². The molecule has 1 aromatic rings. The molecule has 2 rings (SSSR count). The Balaban J connectivity index is 1.84. The lowest BCUT2D eigenvalue weighted by atomic mass is 10.0. The lowest BCUT2D eigenvalue weighted by Crippen LogP contribution is -2.47. The second-order valence-corrected chi connectivity index (χ2v) is 9.86. The van der Waals surface area contributed by atoms with Gasteiger partial charge in [0.25, 0.3) is 0 Å². The minimum atomic E-state index is -3.64. The van der Waals surface area contributed by atoms with Crippen LogP contribution in [-0.4, -0.2) is 46.3 Å². The number of sulfonamides is 1. The first-order valence-electron chi connectivity index (χ1n) is 7.18. The van der Waals surface area contributed by atoms with Gasteiger partial charge in [0.05, 0.1) is 21.9 Å². The summed E-state index contributed by atoms with van der Waals surface area (Å²) < 4.78 is 49.3. The first-order valence-corrected chi connectivity index (χ1v) is 10.5. The highest BCUT2D eigenvalue weighted by molar-refractivity contribution is 7.91. The highest BCUT2D eigenvalue weighted by Gasteiger charge is 2.39. The summed E-state index contributed by atoms with van der Waals surface area (Å²) in [7, 11) is -6.75. The van der Waals surface area contributed by atoms with Crippen molar-refractivity contribution in [3.05, 3.63) is 30.3 Å². The Labute approximate surface area is 136 Å². The van der Waals surface area contributed by atoms with E-state index in [9.17, 15) is 21.6 Å². The minimum absolute atomic E-state index is 0.0497. The monoisotopic (exact) mass is 360 g/mol. The molecule has 0 bridgehead atoms. The third kappa shape index (κ3) is 5.02. The Morgan fingerprint density at radius 2 is 1.91 bits per heavy atom. The highest BCUT2D eigenvalue weighted by atomic mass is 32.2. The summed E-state index contributed by atoms with van der Waals surface area (Å²) in [6, 6.07) is 7.87. The van der Waals surface area contributed by atoms with Gasteiger partial charge in [-0.05, 0) is 25.5 Å². The Morgan fingerprint density at radius 3 is 2.48 bits per heavy atom. The highest BCUT2D eigenvalue weighted by Crippen LogP contribution is 2.22. The van der Waals surface area contributed by atoms with Crippen LogP contribution >= 0.6 is 0 Å². The van der Waals surface area contributed by atoms with Crippen molar-refractivity contribution >= 4 is 25.8 Å². The maximum atomic E-state index is 12.0. The van der Waals surface area contributed by atoms with Crippen LogP contribution in [0.5, 0.6) is 0 Å². The molecule has 0 saturated carbocycles. The molecular weight excluding hydrogens is 340 g/mol. The zero-order valence-corrected chi connectivity index (χ0v) is 14.4. The molecule has 1 fully saturated rings. The third-order valence-corrected chi connectivity index (χ3v) is 7.02. The summed E-state index contributed by atoms with van der Waals surface area (Å²) in [6.45, 7) is 1.63. The van der Waals surface area contributed by atoms with Crippen molar-refractivity contribution in [2.75, 3.05) is 18.1 Å². The van der Waals surface area contributed by atoms with Gasteiger partial charge in [0.15, 0.2) is 9.84 Å². The molecule has 1 heterocycles. The first-order chi connectivity index (χ1) is 10.6. The van der Waals surface area contributed by atoms with Gasteiger partial charge in [-0.2, -0.15) is 0 Å². The normalized spacial score (nSPS) is 23.5. The van der Waals surface area contributed by atoms with Crippen LogP contribution in [0, 0.1) is 0 Å². The standard InChI is InChI=1S/C14H20N2O5S2/c1-14(8-10-22(18,19)11-14)16-13(17)7-9-15-23(20,21)12-5-3-2-4-6-12/h2-6,15H,7-11H2,1H3,(H,16,17). The molecule has 1 atom stereocenters. The molecule has 1 saturated heterocycles. The Morgan fingerprint density at radius 1 is 1.26 bits per heavy atom. The molecule has 23 heavy (non-hydrogen) atoms. The smallest absolute Gasteiger partial charge is 0.240 e. The summed E-state index contributed by atoms with van der Waals surface area (Å²) in [5.74, 6) is -0.397. The quantitative estimate of drug-likeness (QED) is 0.745. The fraction of sp³-hybridized carbons (Fsp3) is 0.500. The average molecular weight is 360 g/mol. The number of carbonyl (C=O) groups is 1. The molecule has 1 aliphatic rings. The molecular formula is C14H20N2O5S2. The molecule has 1 aliphatic heterocycles. The van der Waals surface area contributed by atoms with E-state index in [1.54, 1.807) is 25.1 Å². The zero-order chi connectivity index (χ0) is 17.1. The van der Waals surface area contributed by atoms with Crippen LogP contribution in [0.2, 0.25) is 0 Å². The molecule has 0 spiro atoms. The van der Waals surface area contributed by atoms with Gasteiger partial charge in [-0.1, -0.05) is 18.2 Å². The summed E-state index contributed by atoms with van der Waals surface area (Å²) in [5.41, 5.74) is -0.770. The zero-order valence-electron chi connectivity index (χ0n) is 12.8. The number of benzene rings is 1. The van der Waals surface area contributed by atoms with Crippen LogP contribution in [0.1, 0.15) is 19.8 Å². The predicted octanol–water partition coefficient (Wildman–Crippen LogP) is 0.0484. The van der Waals surface area contributed by atoms with E-state index in [0.717, 1.165) is 0 Å². The van der Waals surface area contributed by atoms with E-state index < -0.39 is 25.4 Å². The van der Waals surface area contributed by atoms with Crippen LogP contribution in [0.15, 0.2) is 35.2 Å². The van der Waals surface area contributed by atoms with Crippen molar-refractivity contribution in [2.24, 2.45) is 0 Å². The van der Waals surface area contributed by atoms with E-state index in [0.29, 0.717) is 6.42 Å². The Kier molecular flexibility index (Phi) is 5.12. The first kappa shape index (κ1) is 17.9. The van der Waals surface area contributed by atoms with Crippen molar-refractivity contribution in [1.82, 2.24) is 10.0 Å². The lowest BCUT2D eigenvalue weighted by molar-refractivity contribution is -0.122. The largest absolute Gasteiger partial charge is 0.350 e. The van der Waals surface area contributed by atoms with Gasteiger partial charge in [-0.3, -0.25) is 4.79 Å². The number of rotatable bonds is 6. The van der Waals surface area contributed by atoms with Gasteiger partial charge in [0.1, 0.15) is 0 Å². The molecule has 0 aromatic heterocycles.